The van der Waals surface area contributed by atoms with Crippen LogP contribution in [0.4, 0.5) is 0 Å². The predicted octanol–water partition coefficient (Wildman–Crippen LogP) is 13.2. The van der Waals surface area contributed by atoms with Crippen molar-refractivity contribution in [1.82, 2.24) is 4.57 Å². The van der Waals surface area contributed by atoms with E-state index in [1.165, 1.54) is 103 Å². The van der Waals surface area contributed by atoms with Gasteiger partial charge in [0.1, 0.15) is 0 Å². The van der Waals surface area contributed by atoms with Crippen molar-refractivity contribution in [3.8, 4) is 39.1 Å². The van der Waals surface area contributed by atoms with E-state index in [1.807, 2.05) is 11.3 Å². The first-order valence-corrected chi connectivity index (χ1v) is 18.5. The van der Waals surface area contributed by atoms with Gasteiger partial charge in [-0.05, 0) is 92.0 Å². The summed E-state index contributed by atoms with van der Waals surface area (Å²) in [5.41, 5.74) is 16.8. The highest BCUT2D eigenvalue weighted by Crippen LogP contribution is 2.63. The van der Waals surface area contributed by atoms with Crippen LogP contribution in [0, 0.1) is 0 Å². The van der Waals surface area contributed by atoms with Crippen LogP contribution in [-0.2, 0) is 5.41 Å². The zero-order valence-corrected chi connectivity index (χ0v) is 28.4. The topological polar surface area (TPSA) is 4.93 Å². The molecule has 0 unspecified atom stereocenters. The molecule has 0 fully saturated rings. The highest BCUT2D eigenvalue weighted by atomic mass is 32.1. The van der Waals surface area contributed by atoms with Gasteiger partial charge in [0.25, 0.3) is 0 Å². The molecular formula is C49H29NS. The van der Waals surface area contributed by atoms with Crippen LogP contribution in [0.2, 0.25) is 0 Å². The second-order valence-electron chi connectivity index (χ2n) is 14.0. The fourth-order valence-electron chi connectivity index (χ4n) is 9.63. The molecule has 8 aromatic carbocycles. The van der Waals surface area contributed by atoms with Crippen LogP contribution < -0.4 is 0 Å². The molecule has 0 radical (unpaired) electrons. The first-order chi connectivity index (χ1) is 25.3. The van der Waals surface area contributed by atoms with Gasteiger partial charge in [0.2, 0.25) is 0 Å². The number of thiophene rings is 1. The second kappa shape index (κ2) is 9.94. The van der Waals surface area contributed by atoms with E-state index in [0.29, 0.717) is 0 Å². The summed E-state index contributed by atoms with van der Waals surface area (Å²) in [7, 11) is 0. The maximum Gasteiger partial charge on any atom is 0.0725 e. The van der Waals surface area contributed by atoms with Crippen molar-refractivity contribution in [2.45, 2.75) is 5.41 Å². The average molecular weight is 664 g/mol. The number of benzene rings is 8. The van der Waals surface area contributed by atoms with E-state index >= 15 is 0 Å². The molecule has 2 aliphatic rings. The first kappa shape index (κ1) is 27.6. The van der Waals surface area contributed by atoms with Crippen LogP contribution in [0.5, 0.6) is 0 Å². The summed E-state index contributed by atoms with van der Waals surface area (Å²) in [5.74, 6) is 0. The summed E-state index contributed by atoms with van der Waals surface area (Å²) in [6.07, 6.45) is 0. The van der Waals surface area contributed by atoms with Crippen molar-refractivity contribution >= 4 is 53.3 Å². The number of rotatable bonds is 2. The molecule has 51 heavy (non-hydrogen) atoms. The lowest BCUT2D eigenvalue weighted by atomic mass is 9.70. The fourth-order valence-corrected chi connectivity index (χ4v) is 10.8. The van der Waals surface area contributed by atoms with Crippen molar-refractivity contribution in [2.24, 2.45) is 0 Å². The lowest BCUT2D eigenvalue weighted by molar-refractivity contribution is 0.794. The Bertz CT molecular complexity index is 2980. The van der Waals surface area contributed by atoms with Gasteiger partial charge in [0.15, 0.2) is 0 Å². The van der Waals surface area contributed by atoms with Gasteiger partial charge in [-0.2, -0.15) is 0 Å². The van der Waals surface area contributed by atoms with Crippen LogP contribution in [0.3, 0.4) is 0 Å². The van der Waals surface area contributed by atoms with Crippen LogP contribution in [0.1, 0.15) is 22.3 Å². The van der Waals surface area contributed by atoms with Crippen molar-refractivity contribution < 1.29 is 0 Å². The van der Waals surface area contributed by atoms with Gasteiger partial charge in [-0.25, -0.2) is 0 Å². The molecular weight excluding hydrogens is 635 g/mol. The lowest BCUT2D eigenvalue weighted by Gasteiger charge is -2.30. The Kier molecular flexibility index (Phi) is 5.38. The van der Waals surface area contributed by atoms with E-state index in [0.717, 1.165) is 0 Å². The molecule has 236 valence electrons. The normalized spacial score (nSPS) is 13.6. The van der Waals surface area contributed by atoms with E-state index in [1.54, 1.807) is 0 Å². The minimum absolute atomic E-state index is 0.339. The van der Waals surface area contributed by atoms with Crippen molar-refractivity contribution in [3.05, 3.63) is 198 Å². The molecule has 0 atom stereocenters. The number of nitrogens with zero attached hydrogens (tertiary/aromatic N) is 1. The van der Waals surface area contributed by atoms with E-state index in [9.17, 15) is 0 Å². The van der Waals surface area contributed by atoms with Crippen LogP contribution >= 0.6 is 11.3 Å². The van der Waals surface area contributed by atoms with Gasteiger partial charge in [-0.15, -0.1) is 11.3 Å². The standard InChI is InChI=1S/C49H29NS/c1-6-17-39-32(12-1)33-13-2-7-18-40(33)49(39)41-19-8-3-14-34(41)35-26-24-30(28-42(35)49)31-25-27-38-47(29-31)51-46-23-11-22-45(48(38)46)50-43-20-9-4-15-36(43)37-16-5-10-21-44(37)50/h1-29H. The Morgan fingerprint density at radius 3 is 1.55 bits per heavy atom. The Hall–Kier alpha value is -6.22. The zero-order chi connectivity index (χ0) is 33.3. The number of fused-ring (bicyclic) bond motifs is 16. The Morgan fingerprint density at radius 1 is 0.373 bits per heavy atom. The van der Waals surface area contributed by atoms with Gasteiger partial charge < -0.3 is 4.57 Å². The zero-order valence-electron chi connectivity index (χ0n) is 27.6. The summed E-state index contributed by atoms with van der Waals surface area (Å²) in [4.78, 5) is 0. The average Bonchev–Trinajstić information content (AvgIpc) is 3.91. The summed E-state index contributed by atoms with van der Waals surface area (Å²) in [6, 6.07) is 65.8. The van der Waals surface area contributed by atoms with Crippen LogP contribution in [-0.4, -0.2) is 4.57 Å². The Morgan fingerprint density at radius 2 is 0.902 bits per heavy atom. The molecule has 0 amide bonds. The number of hydrogen-bond donors (Lipinski definition) is 0. The highest BCUT2D eigenvalue weighted by molar-refractivity contribution is 7.26. The van der Waals surface area contributed by atoms with E-state index in [4.69, 9.17) is 0 Å². The molecule has 1 spiro atoms. The quantitative estimate of drug-likeness (QED) is 0.173. The Balaban J connectivity index is 1.07. The molecule has 10 aromatic rings. The number of para-hydroxylation sites is 2. The van der Waals surface area contributed by atoms with Crippen molar-refractivity contribution in [2.75, 3.05) is 0 Å². The van der Waals surface area contributed by atoms with Crippen LogP contribution in [0.15, 0.2) is 176 Å². The minimum atomic E-state index is -0.339. The SMILES string of the molecule is c1ccc2c(c1)-c1ccccc1C21c2ccccc2-c2ccc(-c3ccc4c(c3)sc3cccc(-n5c6ccccc6c6ccccc65)c34)cc21. The second-order valence-corrected chi connectivity index (χ2v) is 15.1. The van der Waals surface area contributed by atoms with Crippen molar-refractivity contribution in [3.63, 3.8) is 0 Å². The molecule has 0 saturated heterocycles. The third-order valence-corrected chi connectivity index (χ3v) is 12.7. The summed E-state index contributed by atoms with van der Waals surface area (Å²) in [6.45, 7) is 0. The Labute approximate surface area is 299 Å². The molecule has 2 aliphatic carbocycles. The maximum absolute atomic E-state index is 2.49. The smallest absolute Gasteiger partial charge is 0.0725 e. The van der Waals surface area contributed by atoms with Gasteiger partial charge in [-0.3, -0.25) is 0 Å². The molecule has 2 heterocycles. The summed E-state index contributed by atoms with van der Waals surface area (Å²) < 4.78 is 5.08. The number of hydrogen-bond acceptors (Lipinski definition) is 1. The summed E-state index contributed by atoms with van der Waals surface area (Å²) >= 11 is 1.89. The first-order valence-electron chi connectivity index (χ1n) is 17.7. The van der Waals surface area contributed by atoms with Gasteiger partial charge in [0.05, 0.1) is 22.1 Å². The molecule has 0 bridgehead atoms. The van der Waals surface area contributed by atoms with Crippen LogP contribution in [0.25, 0.3) is 81.0 Å². The van der Waals surface area contributed by atoms with E-state index in [2.05, 4.69) is 180 Å². The maximum atomic E-state index is 2.49. The molecule has 0 N–H and O–H groups in total. The number of aromatic nitrogens is 1. The van der Waals surface area contributed by atoms with E-state index in [-0.39, 0.29) is 5.41 Å². The third-order valence-electron chi connectivity index (χ3n) is 11.6. The van der Waals surface area contributed by atoms with Gasteiger partial charge in [-0.1, -0.05) is 140 Å². The fraction of sp³-hybridized carbons (Fsp3) is 0.0204. The predicted molar refractivity (Wildman–Crippen MR) is 215 cm³/mol. The van der Waals surface area contributed by atoms with E-state index < -0.39 is 0 Å². The lowest BCUT2D eigenvalue weighted by Crippen LogP contribution is -2.25. The van der Waals surface area contributed by atoms with Gasteiger partial charge >= 0.3 is 0 Å². The summed E-state index contributed by atoms with van der Waals surface area (Å²) in [5, 5.41) is 5.20. The molecule has 2 heteroatoms. The van der Waals surface area contributed by atoms with Gasteiger partial charge in [0, 0.05) is 30.9 Å². The molecule has 12 rings (SSSR count). The largest absolute Gasteiger partial charge is 0.309 e. The monoisotopic (exact) mass is 663 g/mol. The molecule has 2 aromatic heterocycles. The van der Waals surface area contributed by atoms with Crippen molar-refractivity contribution in [1.29, 1.82) is 0 Å². The minimum Gasteiger partial charge on any atom is -0.309 e. The highest BCUT2D eigenvalue weighted by Gasteiger charge is 2.51. The molecule has 0 saturated carbocycles. The molecule has 1 nitrogen and oxygen atoms in total. The molecule has 0 aliphatic heterocycles. The third kappa shape index (κ3) is 3.45.